The number of aliphatic hydroxyl groups excluding tert-OH is 3. The van der Waals surface area contributed by atoms with E-state index in [0.717, 1.165) is 49.3 Å². The first-order chi connectivity index (χ1) is 17.3. The molecule has 0 aromatic heterocycles. The Kier molecular flexibility index (Phi) is 8.29. The van der Waals surface area contributed by atoms with Gasteiger partial charge in [0.05, 0.1) is 18.3 Å². The van der Waals surface area contributed by atoms with Gasteiger partial charge in [0, 0.05) is 20.6 Å². The van der Waals surface area contributed by atoms with Crippen LogP contribution in [-0.4, -0.2) is 73.0 Å². The van der Waals surface area contributed by atoms with E-state index in [1.165, 1.54) is 14.1 Å². The van der Waals surface area contributed by atoms with Crippen LogP contribution in [0.5, 0.6) is 0 Å². The minimum absolute atomic E-state index is 0.0361. The Bertz CT molecular complexity index is 946. The van der Waals surface area contributed by atoms with Crippen LogP contribution >= 0.6 is 0 Å². The summed E-state index contributed by atoms with van der Waals surface area (Å²) in [4.78, 5) is 12.0. The summed E-state index contributed by atoms with van der Waals surface area (Å²) in [6, 6.07) is -0.735. The van der Waals surface area contributed by atoms with Gasteiger partial charge in [0.25, 0.3) is 0 Å². The van der Waals surface area contributed by atoms with Crippen molar-refractivity contribution in [3.63, 3.8) is 0 Å². The molecule has 0 heterocycles. The monoisotopic (exact) mass is 543 g/mol. The van der Waals surface area contributed by atoms with Crippen molar-refractivity contribution in [2.75, 3.05) is 20.6 Å². The maximum atomic E-state index is 12.0. The molecule has 4 rings (SSSR count). The molecule has 0 aromatic carbocycles. The van der Waals surface area contributed by atoms with Crippen LogP contribution < -0.4 is 10.0 Å². The van der Waals surface area contributed by atoms with Gasteiger partial charge in [-0.05, 0) is 97.7 Å². The fourth-order valence-corrected chi connectivity index (χ4v) is 9.80. The summed E-state index contributed by atoms with van der Waals surface area (Å²) in [6.45, 7) is 7.10. The molecule has 0 bridgehead atoms. The number of nitrogens with one attached hydrogen (secondary N) is 2. The van der Waals surface area contributed by atoms with Crippen molar-refractivity contribution in [1.29, 1.82) is 0 Å². The topological polar surface area (TPSA) is 139 Å². The maximum Gasteiger partial charge on any atom is 0.329 e. The Morgan fingerprint density at radius 3 is 2.38 bits per heavy atom. The van der Waals surface area contributed by atoms with Crippen molar-refractivity contribution >= 4 is 16.2 Å². The van der Waals surface area contributed by atoms with Crippen molar-refractivity contribution < 1.29 is 28.5 Å². The van der Waals surface area contributed by atoms with Crippen LogP contribution in [0.15, 0.2) is 0 Å². The van der Waals surface area contributed by atoms with Crippen LogP contribution in [0, 0.1) is 46.3 Å². The number of rotatable bonds is 7. The Balaban J connectivity index is 1.44. The van der Waals surface area contributed by atoms with E-state index in [1.807, 2.05) is 4.72 Å². The molecule has 0 aromatic rings. The first kappa shape index (κ1) is 29.1. The summed E-state index contributed by atoms with van der Waals surface area (Å²) in [5, 5.41) is 36.5. The third-order valence-electron chi connectivity index (χ3n) is 11.4. The van der Waals surface area contributed by atoms with Crippen LogP contribution in [0.1, 0.15) is 78.6 Å². The first-order valence-electron chi connectivity index (χ1n) is 14.3. The van der Waals surface area contributed by atoms with E-state index in [0.29, 0.717) is 25.3 Å². The fraction of sp³-hybridized carbons (Fsp3) is 0.963. The lowest BCUT2D eigenvalue weighted by Gasteiger charge is -2.65. The molecule has 4 saturated carbocycles. The van der Waals surface area contributed by atoms with E-state index >= 15 is 0 Å². The third kappa shape index (κ3) is 4.94. The number of amides is 2. The standard InChI is InChI=1S/C27H49N3O6S/c1-6-18-20-14-17(31)11-12-26(20,2)21-15-22(32)27(3)16(9-10-19(27)23(21)24(18)33)8-7-13-28-25(34)29-37(35,36)30(4)5/h16-24,31-33H,6-15H2,1-5H3,(H2,28,29,34)/t16-,17+,18+,19-,20-,21-,22+,23-,24+,26-,27+/m0/s1. The molecule has 37 heavy (non-hydrogen) atoms. The Morgan fingerprint density at radius 1 is 1.03 bits per heavy atom. The molecule has 0 unspecified atom stereocenters. The summed E-state index contributed by atoms with van der Waals surface area (Å²) in [5.41, 5.74) is -0.247. The SMILES string of the molecule is CC[C@H]1[C@@H](O)[C@@H]2[C@H](C[C@@H](O)[C@]3(C)[C@@H](CCCNC(=O)NS(=O)(=O)N(C)C)CC[C@@H]23)[C@@]2(C)CC[C@@H](O)C[C@@H]12. The van der Waals surface area contributed by atoms with Gasteiger partial charge in [-0.3, -0.25) is 0 Å². The molecule has 10 heteroatoms. The van der Waals surface area contributed by atoms with Crippen molar-refractivity contribution in [3.8, 4) is 0 Å². The quantitative estimate of drug-likeness (QED) is 0.313. The highest BCUT2D eigenvalue weighted by Gasteiger charge is 2.66. The molecule has 2 amide bonds. The van der Waals surface area contributed by atoms with Crippen molar-refractivity contribution in [1.82, 2.24) is 14.3 Å². The van der Waals surface area contributed by atoms with E-state index < -0.39 is 28.4 Å². The molecule has 9 nitrogen and oxygen atoms in total. The van der Waals surface area contributed by atoms with Crippen molar-refractivity contribution in [2.45, 2.75) is 96.9 Å². The second kappa shape index (κ2) is 10.6. The zero-order valence-corrected chi connectivity index (χ0v) is 24.0. The van der Waals surface area contributed by atoms with E-state index in [-0.39, 0.29) is 46.5 Å². The maximum absolute atomic E-state index is 12.0. The van der Waals surface area contributed by atoms with E-state index in [4.69, 9.17) is 0 Å². The van der Waals surface area contributed by atoms with Gasteiger partial charge < -0.3 is 20.6 Å². The number of carbonyl (C=O) groups excluding carboxylic acids is 1. The van der Waals surface area contributed by atoms with Gasteiger partial charge in [-0.25, -0.2) is 9.52 Å². The predicted octanol–water partition coefficient (Wildman–Crippen LogP) is 2.47. The molecule has 0 saturated heterocycles. The molecule has 214 valence electrons. The lowest BCUT2D eigenvalue weighted by molar-refractivity contribution is -0.226. The number of hydrogen-bond acceptors (Lipinski definition) is 6. The largest absolute Gasteiger partial charge is 0.393 e. The molecule has 11 atom stereocenters. The fourth-order valence-electron chi connectivity index (χ4n) is 9.32. The number of carbonyl (C=O) groups is 1. The van der Waals surface area contributed by atoms with Gasteiger partial charge in [-0.15, -0.1) is 0 Å². The minimum Gasteiger partial charge on any atom is -0.393 e. The Hall–Kier alpha value is -0.940. The van der Waals surface area contributed by atoms with E-state index in [9.17, 15) is 28.5 Å². The molecule has 5 N–H and O–H groups in total. The van der Waals surface area contributed by atoms with Gasteiger partial charge in [-0.2, -0.15) is 12.7 Å². The molecular weight excluding hydrogens is 494 g/mol. The average molecular weight is 544 g/mol. The molecule has 4 aliphatic carbocycles. The Labute approximate surface area is 223 Å². The number of fused-ring (bicyclic) bond motifs is 5. The molecular formula is C27H49N3O6S. The number of nitrogens with zero attached hydrogens (tertiary/aromatic N) is 1. The zero-order chi connectivity index (χ0) is 27.3. The van der Waals surface area contributed by atoms with Gasteiger partial charge in [-0.1, -0.05) is 27.2 Å². The summed E-state index contributed by atoms with van der Waals surface area (Å²) in [5.74, 6) is 1.44. The van der Waals surface area contributed by atoms with Crippen LogP contribution in [0.2, 0.25) is 0 Å². The number of hydrogen-bond donors (Lipinski definition) is 5. The molecule has 0 radical (unpaired) electrons. The van der Waals surface area contributed by atoms with E-state index in [1.54, 1.807) is 0 Å². The van der Waals surface area contributed by atoms with Gasteiger partial charge >= 0.3 is 16.2 Å². The molecule has 4 fully saturated rings. The third-order valence-corrected chi connectivity index (χ3v) is 12.8. The number of aliphatic hydroxyl groups is 3. The van der Waals surface area contributed by atoms with Crippen LogP contribution in [-0.2, 0) is 10.2 Å². The highest BCUT2D eigenvalue weighted by molar-refractivity contribution is 7.87. The van der Waals surface area contributed by atoms with Crippen LogP contribution in [0.3, 0.4) is 0 Å². The van der Waals surface area contributed by atoms with Gasteiger partial charge in [0.2, 0.25) is 0 Å². The molecule has 0 aliphatic heterocycles. The predicted molar refractivity (Wildman–Crippen MR) is 142 cm³/mol. The lowest BCUT2D eigenvalue weighted by atomic mass is 9.41. The second-order valence-electron chi connectivity index (χ2n) is 13.1. The molecule has 4 aliphatic rings. The summed E-state index contributed by atoms with van der Waals surface area (Å²) in [7, 11) is -1.11. The van der Waals surface area contributed by atoms with Gasteiger partial charge in [0.1, 0.15) is 0 Å². The first-order valence-corrected chi connectivity index (χ1v) is 15.7. The summed E-state index contributed by atoms with van der Waals surface area (Å²) in [6.07, 6.45) is 6.51. The minimum atomic E-state index is -3.82. The van der Waals surface area contributed by atoms with E-state index in [2.05, 4.69) is 26.1 Å². The zero-order valence-electron chi connectivity index (χ0n) is 23.2. The highest BCUT2D eigenvalue weighted by atomic mass is 32.2. The van der Waals surface area contributed by atoms with Crippen molar-refractivity contribution in [3.05, 3.63) is 0 Å². The number of urea groups is 1. The van der Waals surface area contributed by atoms with Gasteiger partial charge in [0.15, 0.2) is 0 Å². The van der Waals surface area contributed by atoms with Crippen LogP contribution in [0.4, 0.5) is 4.79 Å². The average Bonchev–Trinajstić information content (AvgIpc) is 3.16. The smallest absolute Gasteiger partial charge is 0.329 e. The lowest BCUT2D eigenvalue weighted by Crippen LogP contribution is -2.64. The highest BCUT2D eigenvalue weighted by Crippen LogP contribution is 2.69. The summed E-state index contributed by atoms with van der Waals surface area (Å²) >= 11 is 0. The Morgan fingerprint density at radius 2 is 1.73 bits per heavy atom. The summed E-state index contributed by atoms with van der Waals surface area (Å²) < 4.78 is 26.6. The second-order valence-corrected chi connectivity index (χ2v) is 15.0. The molecule has 0 spiro atoms. The van der Waals surface area contributed by atoms with Crippen molar-refractivity contribution in [2.24, 2.45) is 46.3 Å². The van der Waals surface area contributed by atoms with Crippen LogP contribution in [0.25, 0.3) is 0 Å². The normalized spacial score (nSPS) is 45.6.